The zero-order valence-electron chi connectivity index (χ0n) is 19.8. The predicted molar refractivity (Wildman–Crippen MR) is 116 cm³/mol. The number of H-pyrrole nitrogens is 1. The summed E-state index contributed by atoms with van der Waals surface area (Å²) in [5.41, 5.74) is -3.07. The zero-order valence-corrected chi connectivity index (χ0v) is 20.7. The van der Waals surface area contributed by atoms with Crippen LogP contribution in [0.3, 0.4) is 0 Å². The second-order valence-electron chi connectivity index (χ2n) is 7.39. The van der Waals surface area contributed by atoms with Crippen LogP contribution >= 0.6 is 7.82 Å². The molecule has 2 heterocycles. The second kappa shape index (κ2) is 13.5. The topological polar surface area (TPSA) is 180 Å². The van der Waals surface area contributed by atoms with Gasteiger partial charge in [-0.15, -0.1) is 0 Å². The molecular weight excluding hydrogens is 514 g/mol. The first kappa shape index (κ1) is 29.5. The molecule has 1 aromatic rings. The van der Waals surface area contributed by atoms with Crippen LogP contribution in [0.5, 0.6) is 0 Å². The molecule has 1 N–H and O–H groups in total. The Morgan fingerprint density at radius 3 is 2.19 bits per heavy atom. The van der Waals surface area contributed by atoms with Crippen molar-refractivity contribution >= 4 is 20.1 Å². The van der Waals surface area contributed by atoms with Crippen LogP contribution in [0.2, 0.25) is 0 Å². The molecule has 0 spiro atoms. The van der Waals surface area contributed by atoms with Crippen LogP contribution < -0.4 is 11.2 Å². The molecule has 0 bridgehead atoms. The third-order valence-electron chi connectivity index (χ3n) is 4.71. The van der Waals surface area contributed by atoms with E-state index in [0.717, 1.165) is 10.6 Å². The number of alkyl halides is 1. The lowest BCUT2D eigenvalue weighted by molar-refractivity contribution is -0.117. The molecule has 1 aliphatic heterocycles. The molecular formula is C19H28FN2O13P. The van der Waals surface area contributed by atoms with E-state index in [4.69, 9.17) is 18.3 Å². The lowest BCUT2D eigenvalue weighted by Gasteiger charge is -2.28. The number of hydrogen-bond donors (Lipinski definition) is 1. The van der Waals surface area contributed by atoms with Crippen molar-refractivity contribution in [2.45, 2.75) is 39.0 Å². The van der Waals surface area contributed by atoms with Crippen LogP contribution in [0.25, 0.3) is 0 Å². The van der Waals surface area contributed by atoms with Crippen molar-refractivity contribution in [3.8, 4) is 0 Å². The van der Waals surface area contributed by atoms with Gasteiger partial charge >= 0.3 is 25.8 Å². The molecule has 36 heavy (non-hydrogen) atoms. The van der Waals surface area contributed by atoms with E-state index in [0.29, 0.717) is 0 Å². The maximum Gasteiger partial charge on any atom is 0.510 e. The van der Waals surface area contributed by atoms with Crippen molar-refractivity contribution in [2.75, 3.05) is 40.1 Å². The molecule has 1 aliphatic rings. The summed E-state index contributed by atoms with van der Waals surface area (Å²) in [4.78, 5) is 48.2. The molecule has 204 valence electrons. The van der Waals surface area contributed by atoms with E-state index in [9.17, 15) is 28.1 Å². The number of phosphoric acid groups is 1. The van der Waals surface area contributed by atoms with Gasteiger partial charge in [-0.1, -0.05) is 6.92 Å². The average Bonchev–Trinajstić information content (AvgIpc) is 3.15. The number of carbonyl (C=O) groups excluding carboxylic acids is 2. The number of hydrogen-bond acceptors (Lipinski definition) is 13. The molecule has 3 unspecified atom stereocenters. The van der Waals surface area contributed by atoms with Crippen molar-refractivity contribution in [1.82, 2.24) is 9.55 Å². The first-order valence-corrected chi connectivity index (χ1v) is 12.2. The molecule has 0 radical (unpaired) electrons. The van der Waals surface area contributed by atoms with Crippen LogP contribution in [-0.2, 0) is 41.8 Å². The van der Waals surface area contributed by atoms with E-state index < -0.39 is 76.0 Å². The summed E-state index contributed by atoms with van der Waals surface area (Å²) in [5.74, 6) is -0.437. The molecule has 0 aliphatic carbocycles. The van der Waals surface area contributed by atoms with Gasteiger partial charge in [0.05, 0.1) is 19.8 Å². The Kier molecular flexibility index (Phi) is 11.0. The summed E-state index contributed by atoms with van der Waals surface area (Å²) in [7, 11) is -4.63. The normalized spacial score (nSPS) is 21.7. The number of halogens is 1. The van der Waals surface area contributed by atoms with E-state index in [1.54, 1.807) is 6.92 Å². The number of carbonyl (C=O) groups is 2. The summed E-state index contributed by atoms with van der Waals surface area (Å²) >= 11 is 0. The van der Waals surface area contributed by atoms with Gasteiger partial charge in [0.15, 0.2) is 0 Å². The molecule has 15 nitrogen and oxygen atoms in total. The number of phosphoric ester groups is 1. The molecule has 1 fully saturated rings. The van der Waals surface area contributed by atoms with Gasteiger partial charge in [-0.05, 0) is 20.3 Å². The van der Waals surface area contributed by atoms with E-state index >= 15 is 0 Å². The molecule has 0 amide bonds. The largest absolute Gasteiger partial charge is 0.510 e. The molecule has 3 atom stereocenters. The van der Waals surface area contributed by atoms with Gasteiger partial charge in [0.2, 0.25) is 13.6 Å². The molecule has 1 saturated heterocycles. The third-order valence-corrected chi connectivity index (χ3v) is 5.99. The molecule has 0 saturated carbocycles. The Hall–Kier alpha value is -2.78. The highest BCUT2D eigenvalue weighted by molar-refractivity contribution is 7.48. The second-order valence-corrected chi connectivity index (χ2v) is 9.06. The van der Waals surface area contributed by atoms with E-state index in [1.807, 2.05) is 0 Å². The van der Waals surface area contributed by atoms with Gasteiger partial charge in [-0.3, -0.25) is 18.9 Å². The fourth-order valence-electron chi connectivity index (χ4n) is 3.19. The number of aromatic nitrogens is 2. The Bertz CT molecular complexity index is 1020. The maximum absolute atomic E-state index is 14.1. The molecule has 0 aromatic carbocycles. The minimum Gasteiger partial charge on any atom is -0.435 e. The lowest BCUT2D eigenvalue weighted by Crippen LogP contribution is -2.38. The smallest absolute Gasteiger partial charge is 0.435 e. The minimum atomic E-state index is -4.63. The third kappa shape index (κ3) is 8.41. The summed E-state index contributed by atoms with van der Waals surface area (Å²) in [6.07, 6.45) is -2.02. The van der Waals surface area contributed by atoms with Gasteiger partial charge in [0.25, 0.3) is 5.56 Å². The van der Waals surface area contributed by atoms with Gasteiger partial charge < -0.3 is 23.7 Å². The first-order chi connectivity index (χ1) is 17.1. The number of nitrogens with zero attached hydrogens (tertiary/aromatic N) is 1. The molecule has 2 rings (SSSR count). The Morgan fingerprint density at radius 1 is 1.11 bits per heavy atom. The zero-order chi connectivity index (χ0) is 26.8. The fourth-order valence-corrected chi connectivity index (χ4v) is 4.17. The SMILES string of the molecule is CCOC(=O)OCOP(=O)(OCOC(=O)OCC)OCC1(CF)CC(C)C(n2ccc(=O)[nH]c2=O)O1. The highest BCUT2D eigenvalue weighted by atomic mass is 31.2. The Labute approximate surface area is 204 Å². The van der Waals surface area contributed by atoms with Gasteiger partial charge in [-0.25, -0.2) is 32.4 Å². The van der Waals surface area contributed by atoms with E-state index in [-0.39, 0.29) is 19.6 Å². The number of aromatic amines is 1. The number of rotatable bonds is 13. The monoisotopic (exact) mass is 542 g/mol. The minimum absolute atomic E-state index is 0.00493. The highest BCUT2D eigenvalue weighted by Gasteiger charge is 2.48. The van der Waals surface area contributed by atoms with Crippen LogP contribution in [0.4, 0.5) is 14.0 Å². The highest BCUT2D eigenvalue weighted by Crippen LogP contribution is 2.52. The van der Waals surface area contributed by atoms with Crippen molar-refractivity contribution < 1.29 is 55.8 Å². The average molecular weight is 542 g/mol. The van der Waals surface area contributed by atoms with Crippen molar-refractivity contribution in [1.29, 1.82) is 0 Å². The van der Waals surface area contributed by atoms with Crippen molar-refractivity contribution in [2.24, 2.45) is 5.92 Å². The van der Waals surface area contributed by atoms with E-state index in [1.165, 1.54) is 20.0 Å². The molecule has 1 aromatic heterocycles. The van der Waals surface area contributed by atoms with Gasteiger partial charge in [0.1, 0.15) is 18.5 Å². The summed E-state index contributed by atoms with van der Waals surface area (Å²) in [5, 5.41) is 0. The Morgan fingerprint density at radius 2 is 1.69 bits per heavy atom. The standard InChI is InChI=1S/C19H28FN2O13P/c1-4-28-17(25)30-11-33-36(27,34-12-31-18(26)29-5-2)32-10-19(9-20)8-13(3)15(35-19)22-7-6-14(23)21-16(22)24/h6-7,13,15H,4-5,8-12H2,1-3H3,(H,21,23,24). The fraction of sp³-hybridized carbons (Fsp3) is 0.684. The summed E-state index contributed by atoms with van der Waals surface area (Å²) in [6.45, 7) is 1.04. The van der Waals surface area contributed by atoms with Crippen LogP contribution in [0.1, 0.15) is 33.4 Å². The van der Waals surface area contributed by atoms with Crippen molar-refractivity contribution in [3.63, 3.8) is 0 Å². The maximum atomic E-state index is 14.1. The van der Waals surface area contributed by atoms with E-state index in [2.05, 4.69) is 23.9 Å². The molecule has 17 heteroatoms. The van der Waals surface area contributed by atoms with Crippen LogP contribution in [0.15, 0.2) is 21.9 Å². The predicted octanol–water partition coefficient (Wildman–Crippen LogP) is 2.22. The lowest BCUT2D eigenvalue weighted by atomic mass is 9.96. The van der Waals surface area contributed by atoms with Crippen LogP contribution in [-0.4, -0.2) is 67.5 Å². The Balaban J connectivity index is 2.10. The van der Waals surface area contributed by atoms with Crippen molar-refractivity contribution in [3.05, 3.63) is 33.1 Å². The number of nitrogens with one attached hydrogen (secondary N) is 1. The summed E-state index contributed by atoms with van der Waals surface area (Å²) < 4.78 is 67.2. The quantitative estimate of drug-likeness (QED) is 0.218. The van der Waals surface area contributed by atoms with Crippen LogP contribution in [0, 0.1) is 5.92 Å². The number of ether oxygens (including phenoxy) is 5. The van der Waals surface area contributed by atoms with Gasteiger partial charge in [0, 0.05) is 18.2 Å². The first-order valence-electron chi connectivity index (χ1n) is 10.7. The summed E-state index contributed by atoms with van der Waals surface area (Å²) in [6, 6.07) is 1.10. The van der Waals surface area contributed by atoms with Gasteiger partial charge in [-0.2, -0.15) is 0 Å².